The van der Waals surface area contributed by atoms with E-state index in [1.165, 1.54) is 18.6 Å². The minimum absolute atomic E-state index is 0.0230. The second-order valence-corrected chi connectivity index (χ2v) is 14.3. The second-order valence-electron chi connectivity index (χ2n) is 14.3. The van der Waals surface area contributed by atoms with Crippen LogP contribution in [0, 0.1) is 11.8 Å². The van der Waals surface area contributed by atoms with Gasteiger partial charge in [-0.15, -0.1) is 0 Å². The first kappa shape index (κ1) is 34.5. The molecule has 1 N–H and O–H groups in total. The highest BCUT2D eigenvalue weighted by atomic mass is 19.4. The summed E-state index contributed by atoms with van der Waals surface area (Å²) in [6, 6.07) is 11.3. The van der Waals surface area contributed by atoms with E-state index in [0.717, 1.165) is 37.3 Å². The maximum Gasteiger partial charge on any atom is 0.416 e. The number of alkyl halides is 4. The van der Waals surface area contributed by atoms with E-state index < -0.39 is 41.1 Å². The Bertz CT molecular complexity index is 1460. The summed E-state index contributed by atoms with van der Waals surface area (Å²) in [4.78, 5) is 31.7. The number of nitrogens with zero attached hydrogens (tertiary/aromatic N) is 3. The third-order valence-corrected chi connectivity index (χ3v) is 11.6. The number of hydrogen-bond acceptors (Lipinski definition) is 5. The molecule has 4 aliphatic rings. The summed E-state index contributed by atoms with van der Waals surface area (Å²) in [7, 11) is 1.58. The Labute approximate surface area is 280 Å². The van der Waals surface area contributed by atoms with E-state index in [9.17, 15) is 27.9 Å². The third kappa shape index (κ3) is 6.76. The normalized spacial score (nSPS) is 27.8. The average Bonchev–Trinajstić information content (AvgIpc) is 3.70. The minimum Gasteiger partial charge on any atom is -0.497 e. The molecule has 3 aliphatic heterocycles. The van der Waals surface area contributed by atoms with Crippen LogP contribution in [0.2, 0.25) is 0 Å². The van der Waals surface area contributed by atoms with Gasteiger partial charge in [0, 0.05) is 62.8 Å². The van der Waals surface area contributed by atoms with Crippen molar-refractivity contribution in [2.45, 2.75) is 88.0 Å². The highest BCUT2D eigenvalue weighted by molar-refractivity contribution is 5.88. The number of carboxylic acids is 1. The zero-order chi connectivity index (χ0) is 34.2. The number of ether oxygens (including phenoxy) is 1. The number of carbonyl (C=O) groups is 2. The molecule has 1 aliphatic carbocycles. The van der Waals surface area contributed by atoms with E-state index in [1.807, 2.05) is 24.0 Å². The van der Waals surface area contributed by atoms with Gasteiger partial charge >= 0.3 is 12.1 Å². The fraction of sp³-hybridized carbons (Fsp3) is 0.622. The lowest BCUT2D eigenvalue weighted by Gasteiger charge is -2.35. The SMILES string of the molecule is CC[C@H]1CN(C(=O)[C@]2(F)CN(C3CCCCC3)C[C@H]2c2ccc(OC)cc2)C[C@@H]1c1ccc(C(F)(F)F)cc1N1CCC(C(=O)O)CC1. The number of likely N-dealkylation sites (tertiary alicyclic amines) is 2. The van der Waals surface area contributed by atoms with Gasteiger partial charge in [0.1, 0.15) is 5.75 Å². The summed E-state index contributed by atoms with van der Waals surface area (Å²) in [5.74, 6) is -2.32. The number of halogens is 4. The number of benzene rings is 2. The van der Waals surface area contributed by atoms with E-state index in [0.29, 0.717) is 62.4 Å². The number of rotatable bonds is 8. The molecular formula is C37H47F4N3O4. The zero-order valence-electron chi connectivity index (χ0n) is 27.9. The second kappa shape index (κ2) is 13.9. The Balaban J connectivity index is 1.30. The van der Waals surface area contributed by atoms with Crippen LogP contribution >= 0.6 is 0 Å². The van der Waals surface area contributed by atoms with Crippen molar-refractivity contribution in [3.05, 3.63) is 59.2 Å². The van der Waals surface area contributed by atoms with Gasteiger partial charge in [0.25, 0.3) is 5.91 Å². The van der Waals surface area contributed by atoms with E-state index in [4.69, 9.17) is 4.74 Å². The lowest BCUT2D eigenvalue weighted by atomic mass is 9.84. The molecular weight excluding hydrogens is 626 g/mol. The molecule has 3 saturated heterocycles. The van der Waals surface area contributed by atoms with Crippen molar-refractivity contribution in [1.82, 2.24) is 9.80 Å². The van der Waals surface area contributed by atoms with E-state index in [2.05, 4.69) is 4.90 Å². The molecule has 4 fully saturated rings. The molecule has 6 rings (SSSR count). The molecule has 0 aromatic heterocycles. The van der Waals surface area contributed by atoms with Crippen LogP contribution in [0.4, 0.5) is 23.2 Å². The van der Waals surface area contributed by atoms with Crippen LogP contribution in [0.1, 0.15) is 86.8 Å². The fourth-order valence-electron chi connectivity index (χ4n) is 8.74. The lowest BCUT2D eigenvalue weighted by Crippen LogP contribution is -2.50. The van der Waals surface area contributed by atoms with Gasteiger partial charge in [0.15, 0.2) is 0 Å². The zero-order valence-corrected chi connectivity index (χ0v) is 27.9. The standard InChI is InChI=1S/C37H47F4N3O4/c1-3-24-20-43(21-31(24)30-14-11-27(37(39,40)41)19-33(30)42-17-15-26(16-18-42)34(45)46)35(47)36(38)23-44(28-7-5-4-6-8-28)22-32(36)25-9-12-29(48-2)13-10-25/h9-14,19,24,26,28,31-32H,3-8,15-18,20-23H2,1-2H3,(H,45,46)/t24-,31-,32-,36-/m0/s1. The first-order valence-electron chi connectivity index (χ1n) is 17.5. The average molecular weight is 674 g/mol. The van der Waals surface area contributed by atoms with E-state index >= 15 is 4.39 Å². The lowest BCUT2D eigenvalue weighted by molar-refractivity contribution is -0.143. The number of hydrogen-bond donors (Lipinski definition) is 1. The molecule has 2 aromatic carbocycles. The van der Waals surface area contributed by atoms with Crippen LogP contribution in [0.5, 0.6) is 5.75 Å². The molecule has 0 bridgehead atoms. The van der Waals surface area contributed by atoms with Gasteiger partial charge in [-0.2, -0.15) is 13.2 Å². The number of amides is 1. The fourth-order valence-corrected chi connectivity index (χ4v) is 8.74. The predicted molar refractivity (Wildman–Crippen MR) is 175 cm³/mol. The first-order valence-corrected chi connectivity index (χ1v) is 17.5. The van der Waals surface area contributed by atoms with Crippen LogP contribution < -0.4 is 9.64 Å². The molecule has 3 heterocycles. The van der Waals surface area contributed by atoms with E-state index in [-0.39, 0.29) is 31.0 Å². The quantitative estimate of drug-likeness (QED) is 0.302. The number of methoxy groups -OCH3 is 1. The summed E-state index contributed by atoms with van der Waals surface area (Å²) < 4.78 is 64.8. The van der Waals surface area contributed by atoms with Crippen molar-refractivity contribution in [3.63, 3.8) is 0 Å². The minimum atomic E-state index is -4.54. The number of piperidine rings is 1. The summed E-state index contributed by atoms with van der Waals surface area (Å²) in [5, 5.41) is 9.49. The maximum atomic E-state index is 17.7. The van der Waals surface area contributed by atoms with Crippen molar-refractivity contribution in [1.29, 1.82) is 0 Å². The Morgan fingerprint density at radius 1 is 0.958 bits per heavy atom. The molecule has 0 unspecified atom stereocenters. The van der Waals surface area contributed by atoms with Gasteiger partial charge in [0.2, 0.25) is 5.67 Å². The molecule has 262 valence electrons. The molecule has 1 amide bonds. The molecule has 2 aromatic rings. The Morgan fingerprint density at radius 2 is 1.65 bits per heavy atom. The van der Waals surface area contributed by atoms with E-state index in [1.54, 1.807) is 24.1 Å². The summed E-state index contributed by atoms with van der Waals surface area (Å²) in [5.41, 5.74) is -1.03. The molecule has 7 nitrogen and oxygen atoms in total. The third-order valence-electron chi connectivity index (χ3n) is 11.6. The smallest absolute Gasteiger partial charge is 0.416 e. The van der Waals surface area contributed by atoms with Gasteiger partial charge in [-0.05, 0) is 67.0 Å². The van der Waals surface area contributed by atoms with Crippen LogP contribution in [-0.2, 0) is 15.8 Å². The molecule has 4 atom stereocenters. The topological polar surface area (TPSA) is 73.3 Å². The van der Waals surface area contributed by atoms with Gasteiger partial charge in [-0.1, -0.05) is 50.8 Å². The predicted octanol–water partition coefficient (Wildman–Crippen LogP) is 7.11. The Hall–Kier alpha value is -3.34. The number of anilines is 1. The highest BCUT2D eigenvalue weighted by Crippen LogP contribution is 2.47. The molecule has 0 radical (unpaired) electrons. The van der Waals surface area contributed by atoms with Crippen LogP contribution in [0.3, 0.4) is 0 Å². The molecule has 11 heteroatoms. The van der Waals surface area contributed by atoms with Crippen molar-refractivity contribution < 1.29 is 37.0 Å². The Kier molecular flexibility index (Phi) is 9.98. The Morgan fingerprint density at radius 3 is 2.25 bits per heavy atom. The van der Waals surface area contributed by atoms with Crippen molar-refractivity contribution >= 4 is 17.6 Å². The monoisotopic (exact) mass is 673 g/mol. The summed E-state index contributed by atoms with van der Waals surface area (Å²) in [6.45, 7) is 3.66. The van der Waals surface area contributed by atoms with Crippen molar-refractivity contribution in [3.8, 4) is 5.75 Å². The van der Waals surface area contributed by atoms with Gasteiger partial charge < -0.3 is 19.6 Å². The van der Waals surface area contributed by atoms with Crippen LogP contribution in [0.15, 0.2) is 42.5 Å². The van der Waals surface area contributed by atoms with Crippen molar-refractivity contribution in [2.24, 2.45) is 11.8 Å². The number of aliphatic carboxylic acids is 1. The summed E-state index contributed by atoms with van der Waals surface area (Å²) in [6.07, 6.45) is 2.15. The van der Waals surface area contributed by atoms with Crippen LogP contribution in [-0.4, -0.2) is 84.9 Å². The largest absolute Gasteiger partial charge is 0.497 e. The summed E-state index contributed by atoms with van der Waals surface area (Å²) >= 11 is 0. The van der Waals surface area contributed by atoms with Gasteiger partial charge in [-0.25, -0.2) is 4.39 Å². The van der Waals surface area contributed by atoms with Crippen molar-refractivity contribution in [2.75, 3.05) is 51.3 Å². The first-order chi connectivity index (χ1) is 22.9. The maximum absolute atomic E-state index is 17.7. The highest BCUT2D eigenvalue weighted by Gasteiger charge is 2.57. The molecule has 0 spiro atoms. The number of carboxylic acid groups (broad SMARTS) is 1. The molecule has 1 saturated carbocycles. The van der Waals surface area contributed by atoms with Crippen LogP contribution in [0.25, 0.3) is 0 Å². The van der Waals surface area contributed by atoms with Gasteiger partial charge in [-0.3, -0.25) is 14.5 Å². The van der Waals surface area contributed by atoms with Gasteiger partial charge in [0.05, 0.1) is 18.6 Å². The molecule has 48 heavy (non-hydrogen) atoms. The number of carbonyl (C=O) groups excluding carboxylic acids is 1.